The molecule has 0 atom stereocenters. The summed E-state index contributed by atoms with van der Waals surface area (Å²) in [5.41, 5.74) is 2.70. The Morgan fingerprint density at radius 1 is 1.19 bits per heavy atom. The van der Waals surface area contributed by atoms with Gasteiger partial charge >= 0.3 is 0 Å². The van der Waals surface area contributed by atoms with Crippen LogP contribution in [0.5, 0.6) is 5.75 Å². The fourth-order valence-corrected chi connectivity index (χ4v) is 2.02. The van der Waals surface area contributed by atoms with Crippen LogP contribution in [0.15, 0.2) is 42.6 Å². The van der Waals surface area contributed by atoms with Gasteiger partial charge in [0.2, 0.25) is 0 Å². The molecular weight excluding hydrogens is 260 g/mol. The van der Waals surface area contributed by atoms with Crippen LogP contribution in [0, 0.1) is 11.3 Å². The molecule has 0 spiro atoms. The Labute approximate surface area is 126 Å². The van der Waals surface area contributed by atoms with Gasteiger partial charge in [0.05, 0.1) is 0 Å². The highest BCUT2D eigenvalue weighted by Crippen LogP contribution is 2.28. The number of benzene rings is 1. The summed E-state index contributed by atoms with van der Waals surface area (Å²) in [7, 11) is 0. The van der Waals surface area contributed by atoms with Crippen molar-refractivity contribution >= 4 is 0 Å². The lowest BCUT2D eigenvalue weighted by molar-refractivity contribution is 0.305. The van der Waals surface area contributed by atoms with E-state index in [0.29, 0.717) is 12.3 Å². The summed E-state index contributed by atoms with van der Waals surface area (Å²) >= 11 is 0. The van der Waals surface area contributed by atoms with Gasteiger partial charge in [-0.15, -0.1) is 0 Å². The van der Waals surface area contributed by atoms with Crippen LogP contribution >= 0.6 is 0 Å². The molecule has 0 N–H and O–H groups in total. The van der Waals surface area contributed by atoms with Crippen LogP contribution in [0.3, 0.4) is 0 Å². The minimum absolute atomic E-state index is 0.176. The normalized spacial score (nSPS) is 11.0. The first-order valence-electron chi connectivity index (χ1n) is 7.14. The van der Waals surface area contributed by atoms with Crippen molar-refractivity contribution in [1.29, 1.82) is 5.26 Å². The van der Waals surface area contributed by atoms with Crippen LogP contribution in [0.1, 0.15) is 44.0 Å². The van der Waals surface area contributed by atoms with Gasteiger partial charge in [0, 0.05) is 11.8 Å². The van der Waals surface area contributed by atoms with Gasteiger partial charge in [-0.05, 0) is 35.6 Å². The third-order valence-electron chi connectivity index (χ3n) is 3.91. The maximum absolute atomic E-state index is 9.00. The molecule has 0 unspecified atom stereocenters. The molecule has 108 valence electrons. The molecule has 0 bridgehead atoms. The molecule has 0 saturated carbocycles. The summed E-state index contributed by atoms with van der Waals surface area (Å²) in [6.45, 7) is 7.01. The third kappa shape index (κ3) is 3.61. The van der Waals surface area contributed by atoms with Gasteiger partial charge in [-0.2, -0.15) is 5.26 Å². The largest absolute Gasteiger partial charge is 0.489 e. The standard InChI is InChI=1S/C18H20N2O/c1-4-18(2,3)15-7-9-16(10-8-15)21-13-14-6-5-11-20-17(14)12-19/h5-11H,4,13H2,1-3H3. The molecule has 2 aromatic rings. The SMILES string of the molecule is CCC(C)(C)c1ccc(OCc2cccnc2C#N)cc1. The number of rotatable bonds is 5. The van der Waals surface area contributed by atoms with Crippen molar-refractivity contribution in [2.24, 2.45) is 0 Å². The Bertz CT molecular complexity index is 639. The second kappa shape index (κ2) is 6.41. The molecule has 3 heteroatoms. The predicted octanol–water partition coefficient (Wildman–Crippen LogP) is 4.22. The van der Waals surface area contributed by atoms with Crippen LogP contribution in [-0.4, -0.2) is 4.98 Å². The van der Waals surface area contributed by atoms with E-state index in [2.05, 4.69) is 44.0 Å². The summed E-state index contributed by atoms with van der Waals surface area (Å²) in [5, 5.41) is 9.00. The van der Waals surface area contributed by atoms with Crippen molar-refractivity contribution < 1.29 is 4.74 Å². The zero-order chi connectivity index (χ0) is 15.3. The molecule has 0 aliphatic heterocycles. The predicted molar refractivity (Wildman–Crippen MR) is 83.0 cm³/mol. The van der Waals surface area contributed by atoms with Crippen LogP contribution in [0.4, 0.5) is 0 Å². The fourth-order valence-electron chi connectivity index (χ4n) is 2.02. The lowest BCUT2D eigenvalue weighted by Gasteiger charge is -2.23. The van der Waals surface area contributed by atoms with E-state index in [1.54, 1.807) is 6.20 Å². The number of ether oxygens (including phenoxy) is 1. The van der Waals surface area contributed by atoms with Gasteiger partial charge in [0.1, 0.15) is 24.1 Å². The summed E-state index contributed by atoms with van der Waals surface area (Å²) in [5.74, 6) is 0.804. The summed E-state index contributed by atoms with van der Waals surface area (Å²) in [4.78, 5) is 4.03. The van der Waals surface area contributed by atoms with Crippen molar-refractivity contribution in [1.82, 2.24) is 4.98 Å². The van der Waals surface area contributed by atoms with Crippen LogP contribution in [0.25, 0.3) is 0 Å². The van der Waals surface area contributed by atoms with Gasteiger partial charge in [-0.1, -0.05) is 39.0 Å². The minimum atomic E-state index is 0.176. The molecule has 1 aromatic heterocycles. The minimum Gasteiger partial charge on any atom is -0.489 e. The second-order valence-corrected chi connectivity index (χ2v) is 5.67. The highest BCUT2D eigenvalue weighted by Gasteiger charge is 2.17. The lowest BCUT2D eigenvalue weighted by atomic mass is 9.82. The molecule has 2 rings (SSSR count). The number of hydrogen-bond donors (Lipinski definition) is 0. The van der Waals surface area contributed by atoms with E-state index in [9.17, 15) is 0 Å². The van der Waals surface area contributed by atoms with Crippen molar-refractivity contribution in [3.63, 3.8) is 0 Å². The molecule has 21 heavy (non-hydrogen) atoms. The molecule has 0 aliphatic carbocycles. The van der Waals surface area contributed by atoms with Gasteiger partial charge in [0.15, 0.2) is 0 Å². The molecule has 0 fully saturated rings. The van der Waals surface area contributed by atoms with E-state index < -0.39 is 0 Å². The maximum Gasteiger partial charge on any atom is 0.147 e. The molecule has 1 heterocycles. The van der Waals surface area contributed by atoms with Crippen LogP contribution in [-0.2, 0) is 12.0 Å². The molecule has 3 nitrogen and oxygen atoms in total. The average molecular weight is 280 g/mol. The topological polar surface area (TPSA) is 45.9 Å². The van der Waals surface area contributed by atoms with Crippen LogP contribution in [0.2, 0.25) is 0 Å². The Kier molecular flexibility index (Phi) is 4.59. The highest BCUT2D eigenvalue weighted by atomic mass is 16.5. The summed E-state index contributed by atoms with van der Waals surface area (Å²) < 4.78 is 5.74. The number of pyridine rings is 1. The number of nitriles is 1. The molecule has 0 radical (unpaired) electrons. The monoisotopic (exact) mass is 280 g/mol. The van der Waals surface area contributed by atoms with E-state index in [1.165, 1.54) is 5.56 Å². The Hall–Kier alpha value is -2.34. The van der Waals surface area contributed by atoms with Crippen molar-refractivity contribution in [3.8, 4) is 11.8 Å². The van der Waals surface area contributed by atoms with Gasteiger partial charge in [-0.3, -0.25) is 0 Å². The average Bonchev–Trinajstić information content (AvgIpc) is 2.53. The highest BCUT2D eigenvalue weighted by molar-refractivity contribution is 5.33. The van der Waals surface area contributed by atoms with Crippen molar-refractivity contribution in [2.45, 2.75) is 39.2 Å². The maximum atomic E-state index is 9.00. The number of aromatic nitrogens is 1. The van der Waals surface area contributed by atoms with Gasteiger partial charge in [-0.25, -0.2) is 4.98 Å². The number of nitrogens with zero attached hydrogens (tertiary/aromatic N) is 2. The Balaban J connectivity index is 2.06. The quantitative estimate of drug-likeness (QED) is 0.823. The summed E-state index contributed by atoms with van der Waals surface area (Å²) in [6.07, 6.45) is 2.71. The number of hydrogen-bond acceptors (Lipinski definition) is 3. The Morgan fingerprint density at radius 3 is 2.52 bits per heavy atom. The van der Waals surface area contributed by atoms with E-state index in [1.807, 2.05) is 24.3 Å². The summed E-state index contributed by atoms with van der Waals surface area (Å²) in [6, 6.07) is 13.9. The lowest BCUT2D eigenvalue weighted by Crippen LogP contribution is -2.15. The van der Waals surface area contributed by atoms with Crippen molar-refractivity contribution in [2.75, 3.05) is 0 Å². The molecule has 0 saturated heterocycles. The fraction of sp³-hybridized carbons (Fsp3) is 0.333. The third-order valence-corrected chi connectivity index (χ3v) is 3.91. The molecule has 0 amide bonds. The van der Waals surface area contributed by atoms with E-state index in [4.69, 9.17) is 10.00 Å². The van der Waals surface area contributed by atoms with E-state index in [-0.39, 0.29) is 5.41 Å². The van der Waals surface area contributed by atoms with Gasteiger partial charge in [0.25, 0.3) is 0 Å². The van der Waals surface area contributed by atoms with Gasteiger partial charge < -0.3 is 4.74 Å². The first kappa shape index (κ1) is 15.1. The smallest absolute Gasteiger partial charge is 0.147 e. The zero-order valence-corrected chi connectivity index (χ0v) is 12.8. The van der Waals surface area contributed by atoms with E-state index >= 15 is 0 Å². The zero-order valence-electron chi connectivity index (χ0n) is 12.8. The Morgan fingerprint density at radius 2 is 1.90 bits per heavy atom. The van der Waals surface area contributed by atoms with Crippen LogP contribution < -0.4 is 4.74 Å². The van der Waals surface area contributed by atoms with Crippen molar-refractivity contribution in [3.05, 3.63) is 59.4 Å². The molecule has 0 aliphatic rings. The first-order chi connectivity index (χ1) is 10.1. The first-order valence-corrected chi connectivity index (χ1v) is 7.14. The second-order valence-electron chi connectivity index (χ2n) is 5.67. The molecular formula is C18H20N2O. The molecule has 1 aromatic carbocycles. The van der Waals surface area contributed by atoms with E-state index in [0.717, 1.165) is 17.7 Å².